The number of likely N-dealkylation sites (N-methyl/N-ethyl adjacent to an activating group) is 1. The second-order valence-corrected chi connectivity index (χ2v) is 5.12. The van der Waals surface area contributed by atoms with Gasteiger partial charge < -0.3 is 15.5 Å². The Labute approximate surface area is 97.8 Å². The third-order valence-corrected chi connectivity index (χ3v) is 3.59. The van der Waals surface area contributed by atoms with Gasteiger partial charge in [-0.05, 0) is 45.3 Å². The van der Waals surface area contributed by atoms with Crippen LogP contribution in [0.2, 0.25) is 0 Å². The third kappa shape index (κ3) is 3.76. The van der Waals surface area contributed by atoms with Crippen molar-refractivity contribution in [3.05, 3.63) is 0 Å². The fraction of sp³-hybridized carbons (Fsp3) is 0.917. The molecule has 1 amide bonds. The van der Waals surface area contributed by atoms with Crippen molar-refractivity contribution < 1.29 is 4.79 Å². The van der Waals surface area contributed by atoms with E-state index in [1.165, 1.54) is 12.8 Å². The lowest BCUT2D eigenvalue weighted by molar-refractivity contribution is -0.121. The van der Waals surface area contributed by atoms with Gasteiger partial charge in [0.2, 0.25) is 5.91 Å². The molecule has 0 radical (unpaired) electrons. The van der Waals surface area contributed by atoms with Gasteiger partial charge in [0.05, 0.1) is 0 Å². The number of hydrogen-bond donors (Lipinski definition) is 2. The van der Waals surface area contributed by atoms with Gasteiger partial charge in [-0.1, -0.05) is 0 Å². The smallest absolute Gasteiger partial charge is 0.220 e. The summed E-state index contributed by atoms with van der Waals surface area (Å²) in [5.74, 6) is 0.777. The van der Waals surface area contributed by atoms with E-state index in [0.717, 1.165) is 38.6 Å². The molecular weight excluding hydrogens is 202 g/mol. The molecular formula is C12H23N3O. The van der Waals surface area contributed by atoms with Gasteiger partial charge in [0, 0.05) is 25.6 Å². The lowest BCUT2D eigenvalue weighted by atomic mass is 10.0. The number of nitrogens with one attached hydrogen (secondary N) is 2. The van der Waals surface area contributed by atoms with Gasteiger partial charge in [0.1, 0.15) is 0 Å². The molecule has 1 saturated carbocycles. The van der Waals surface area contributed by atoms with Gasteiger partial charge >= 0.3 is 0 Å². The highest BCUT2D eigenvalue weighted by atomic mass is 16.1. The van der Waals surface area contributed by atoms with Gasteiger partial charge in [-0.15, -0.1) is 0 Å². The van der Waals surface area contributed by atoms with Crippen LogP contribution < -0.4 is 10.6 Å². The van der Waals surface area contributed by atoms with Crippen LogP contribution in [0.15, 0.2) is 0 Å². The summed E-state index contributed by atoms with van der Waals surface area (Å²) in [4.78, 5) is 14.0. The zero-order valence-corrected chi connectivity index (χ0v) is 10.2. The van der Waals surface area contributed by atoms with E-state index in [1.807, 2.05) is 0 Å². The van der Waals surface area contributed by atoms with Crippen LogP contribution >= 0.6 is 0 Å². The first-order chi connectivity index (χ1) is 7.75. The van der Waals surface area contributed by atoms with Crippen LogP contribution in [0, 0.1) is 5.92 Å². The van der Waals surface area contributed by atoms with Crippen molar-refractivity contribution in [1.29, 1.82) is 0 Å². The molecule has 92 valence electrons. The molecule has 0 aromatic carbocycles. The van der Waals surface area contributed by atoms with E-state index in [0.29, 0.717) is 12.3 Å². The van der Waals surface area contributed by atoms with Crippen molar-refractivity contribution >= 4 is 5.91 Å². The van der Waals surface area contributed by atoms with E-state index in [1.54, 1.807) is 0 Å². The predicted octanol–water partition coefficient (Wildman–Crippen LogP) is 0.196. The molecule has 16 heavy (non-hydrogen) atoms. The Balaban J connectivity index is 1.52. The van der Waals surface area contributed by atoms with Crippen LogP contribution in [0.4, 0.5) is 0 Å². The standard InChI is InChI=1S/C12H23N3O/c1-15(11-2-3-11)7-6-14-12(16)8-10-4-5-13-9-10/h10-11,13H,2-9H2,1H3,(H,14,16). The maximum Gasteiger partial charge on any atom is 0.220 e. The first-order valence-corrected chi connectivity index (χ1v) is 6.43. The minimum atomic E-state index is 0.220. The van der Waals surface area contributed by atoms with E-state index in [4.69, 9.17) is 0 Å². The third-order valence-electron chi connectivity index (χ3n) is 3.59. The van der Waals surface area contributed by atoms with Crippen molar-refractivity contribution in [3.63, 3.8) is 0 Å². The second kappa shape index (κ2) is 5.64. The quantitative estimate of drug-likeness (QED) is 0.678. The monoisotopic (exact) mass is 225 g/mol. The fourth-order valence-electron chi connectivity index (χ4n) is 2.29. The van der Waals surface area contributed by atoms with Crippen LogP contribution in [0.1, 0.15) is 25.7 Å². The molecule has 1 aliphatic heterocycles. The molecule has 0 aromatic heterocycles. The van der Waals surface area contributed by atoms with Crippen LogP contribution in [0.25, 0.3) is 0 Å². The average molecular weight is 225 g/mol. The summed E-state index contributed by atoms with van der Waals surface area (Å²) in [5.41, 5.74) is 0. The maximum absolute atomic E-state index is 11.6. The van der Waals surface area contributed by atoms with Crippen LogP contribution in [0.3, 0.4) is 0 Å². The summed E-state index contributed by atoms with van der Waals surface area (Å²) < 4.78 is 0. The molecule has 4 heteroatoms. The number of carbonyl (C=O) groups is 1. The number of hydrogen-bond acceptors (Lipinski definition) is 3. The Morgan fingerprint density at radius 2 is 2.25 bits per heavy atom. The van der Waals surface area contributed by atoms with Crippen molar-refractivity contribution in [2.24, 2.45) is 5.92 Å². The minimum Gasteiger partial charge on any atom is -0.355 e. The van der Waals surface area contributed by atoms with Crippen molar-refractivity contribution in [3.8, 4) is 0 Å². The summed E-state index contributed by atoms with van der Waals surface area (Å²) >= 11 is 0. The molecule has 1 atom stereocenters. The highest BCUT2D eigenvalue weighted by Gasteiger charge is 2.25. The van der Waals surface area contributed by atoms with Gasteiger partial charge in [-0.3, -0.25) is 4.79 Å². The Kier molecular flexibility index (Phi) is 4.18. The molecule has 0 spiro atoms. The van der Waals surface area contributed by atoms with Gasteiger partial charge in [-0.25, -0.2) is 0 Å². The molecule has 1 aliphatic carbocycles. The number of nitrogens with zero attached hydrogens (tertiary/aromatic N) is 1. The summed E-state index contributed by atoms with van der Waals surface area (Å²) in [6.45, 7) is 3.86. The maximum atomic E-state index is 11.6. The molecule has 1 heterocycles. The summed E-state index contributed by atoms with van der Waals surface area (Å²) in [6.07, 6.45) is 4.51. The van der Waals surface area contributed by atoms with Gasteiger partial charge in [0.25, 0.3) is 0 Å². The molecule has 0 bridgehead atoms. The fourth-order valence-corrected chi connectivity index (χ4v) is 2.29. The highest BCUT2D eigenvalue weighted by Crippen LogP contribution is 2.24. The van der Waals surface area contributed by atoms with Crippen LogP contribution in [-0.2, 0) is 4.79 Å². The van der Waals surface area contributed by atoms with E-state index < -0.39 is 0 Å². The summed E-state index contributed by atoms with van der Waals surface area (Å²) in [6, 6.07) is 0.788. The first kappa shape index (κ1) is 11.9. The molecule has 2 fully saturated rings. The lowest BCUT2D eigenvalue weighted by Crippen LogP contribution is -2.34. The lowest BCUT2D eigenvalue weighted by Gasteiger charge is -2.16. The van der Waals surface area contributed by atoms with E-state index >= 15 is 0 Å². The molecule has 1 unspecified atom stereocenters. The molecule has 2 aliphatic rings. The Morgan fingerprint density at radius 1 is 1.44 bits per heavy atom. The highest BCUT2D eigenvalue weighted by molar-refractivity contribution is 5.76. The SMILES string of the molecule is CN(CCNC(=O)CC1CCNC1)C1CC1. The Hall–Kier alpha value is -0.610. The molecule has 1 saturated heterocycles. The molecule has 0 aromatic rings. The summed E-state index contributed by atoms with van der Waals surface area (Å²) in [7, 11) is 2.14. The Morgan fingerprint density at radius 3 is 2.88 bits per heavy atom. The summed E-state index contributed by atoms with van der Waals surface area (Å²) in [5, 5.41) is 6.30. The van der Waals surface area contributed by atoms with Crippen LogP contribution in [-0.4, -0.2) is 50.1 Å². The van der Waals surface area contributed by atoms with Crippen molar-refractivity contribution in [2.45, 2.75) is 31.7 Å². The number of amides is 1. The number of rotatable bonds is 6. The van der Waals surface area contributed by atoms with Crippen molar-refractivity contribution in [1.82, 2.24) is 15.5 Å². The first-order valence-electron chi connectivity index (χ1n) is 6.43. The van der Waals surface area contributed by atoms with E-state index in [9.17, 15) is 4.79 Å². The molecule has 2 rings (SSSR count). The molecule has 4 nitrogen and oxygen atoms in total. The Bertz CT molecular complexity index is 234. The molecule has 2 N–H and O–H groups in total. The minimum absolute atomic E-state index is 0.220. The topological polar surface area (TPSA) is 44.4 Å². The van der Waals surface area contributed by atoms with Gasteiger partial charge in [-0.2, -0.15) is 0 Å². The average Bonchev–Trinajstić information content (AvgIpc) is 2.99. The normalized spacial score (nSPS) is 25.0. The van der Waals surface area contributed by atoms with E-state index in [-0.39, 0.29) is 5.91 Å². The predicted molar refractivity (Wildman–Crippen MR) is 64.3 cm³/mol. The van der Waals surface area contributed by atoms with Crippen LogP contribution in [0.5, 0.6) is 0 Å². The zero-order chi connectivity index (χ0) is 11.4. The zero-order valence-electron chi connectivity index (χ0n) is 10.2. The van der Waals surface area contributed by atoms with Gasteiger partial charge in [0.15, 0.2) is 0 Å². The largest absolute Gasteiger partial charge is 0.355 e. The number of carbonyl (C=O) groups excluding carboxylic acids is 1. The van der Waals surface area contributed by atoms with E-state index in [2.05, 4.69) is 22.6 Å². The second-order valence-electron chi connectivity index (χ2n) is 5.12. The van der Waals surface area contributed by atoms with Crippen molar-refractivity contribution in [2.75, 3.05) is 33.2 Å².